The molecule has 12 heavy (non-hydrogen) atoms. The van der Waals surface area contributed by atoms with Gasteiger partial charge in [0.2, 0.25) is 0 Å². The van der Waals surface area contributed by atoms with E-state index in [0.717, 1.165) is 0 Å². The topological polar surface area (TPSA) is 45.0 Å². The van der Waals surface area contributed by atoms with Crippen LogP contribution >= 0.6 is 0 Å². The molecule has 68 valence electrons. The van der Waals surface area contributed by atoms with Crippen molar-refractivity contribution in [2.45, 2.75) is 19.9 Å². The van der Waals surface area contributed by atoms with Crippen LogP contribution in [-0.2, 0) is 4.74 Å². The number of nitriles is 1. The average Bonchev–Trinajstić information content (AvgIpc) is 1.95. The van der Waals surface area contributed by atoms with Gasteiger partial charge in [0.25, 0.3) is 0 Å². The molecule has 0 aromatic heterocycles. The molecule has 1 rings (SSSR count). The summed E-state index contributed by atoms with van der Waals surface area (Å²) in [7, 11) is 1.90. The average molecular weight is 168 g/mol. The van der Waals surface area contributed by atoms with E-state index in [4.69, 9.17) is 10.00 Å². The van der Waals surface area contributed by atoms with E-state index in [1.54, 1.807) is 0 Å². The molecule has 1 unspecified atom stereocenters. The Bertz CT molecular complexity index is 191. The number of nitrogens with one attached hydrogen (secondary N) is 1. The van der Waals surface area contributed by atoms with Crippen molar-refractivity contribution in [3.63, 3.8) is 0 Å². The third kappa shape index (κ3) is 1.33. The van der Waals surface area contributed by atoms with Crippen LogP contribution in [0, 0.1) is 22.7 Å². The van der Waals surface area contributed by atoms with Crippen molar-refractivity contribution in [2.24, 2.45) is 11.3 Å². The summed E-state index contributed by atoms with van der Waals surface area (Å²) in [5, 5.41) is 12.2. The quantitative estimate of drug-likeness (QED) is 0.677. The van der Waals surface area contributed by atoms with Crippen LogP contribution < -0.4 is 5.32 Å². The van der Waals surface area contributed by atoms with Gasteiger partial charge < -0.3 is 10.1 Å². The highest BCUT2D eigenvalue weighted by molar-refractivity contribution is 5.11. The van der Waals surface area contributed by atoms with E-state index in [1.165, 1.54) is 0 Å². The smallest absolute Gasteiger partial charge is 0.119 e. The Balaban J connectivity index is 2.70. The van der Waals surface area contributed by atoms with Crippen LogP contribution in [0.15, 0.2) is 0 Å². The number of ether oxygens (including phenoxy) is 1. The van der Waals surface area contributed by atoms with Crippen molar-refractivity contribution in [1.82, 2.24) is 5.32 Å². The summed E-state index contributed by atoms with van der Waals surface area (Å²) in [5.41, 5.74) is -0.275. The van der Waals surface area contributed by atoms with E-state index in [1.807, 2.05) is 7.05 Å². The molecule has 0 aromatic rings. The molecule has 3 nitrogen and oxygen atoms in total. The van der Waals surface area contributed by atoms with E-state index < -0.39 is 0 Å². The van der Waals surface area contributed by atoms with E-state index in [9.17, 15) is 0 Å². The van der Waals surface area contributed by atoms with E-state index in [0.29, 0.717) is 19.1 Å². The molecular weight excluding hydrogens is 152 g/mol. The van der Waals surface area contributed by atoms with Crippen molar-refractivity contribution in [3.05, 3.63) is 0 Å². The molecule has 0 saturated carbocycles. The summed E-state index contributed by atoms with van der Waals surface area (Å²) in [6.45, 7) is 5.40. The zero-order valence-corrected chi connectivity index (χ0v) is 7.92. The minimum atomic E-state index is -0.275. The van der Waals surface area contributed by atoms with Crippen LogP contribution in [0.3, 0.4) is 0 Å². The largest absolute Gasteiger partial charge is 0.378 e. The van der Waals surface area contributed by atoms with Gasteiger partial charge in [-0.15, -0.1) is 0 Å². The number of hydrogen-bond donors (Lipinski definition) is 1. The molecule has 0 aliphatic carbocycles. The zero-order chi connectivity index (χ0) is 9.19. The van der Waals surface area contributed by atoms with Crippen LogP contribution in [0.4, 0.5) is 0 Å². The lowest BCUT2D eigenvalue weighted by molar-refractivity contribution is -0.103. The first-order valence-electron chi connectivity index (χ1n) is 4.32. The minimum absolute atomic E-state index is 0.247. The van der Waals surface area contributed by atoms with Crippen molar-refractivity contribution in [1.29, 1.82) is 5.26 Å². The maximum absolute atomic E-state index is 9.02. The van der Waals surface area contributed by atoms with Crippen molar-refractivity contribution in [3.8, 4) is 6.07 Å². The first kappa shape index (κ1) is 9.50. The van der Waals surface area contributed by atoms with Crippen molar-refractivity contribution in [2.75, 3.05) is 20.3 Å². The van der Waals surface area contributed by atoms with Gasteiger partial charge in [0.15, 0.2) is 0 Å². The van der Waals surface area contributed by atoms with Gasteiger partial charge in [-0.05, 0) is 13.0 Å². The molecule has 1 saturated heterocycles. The van der Waals surface area contributed by atoms with E-state index >= 15 is 0 Å². The normalized spacial score (nSPS) is 22.9. The highest BCUT2D eigenvalue weighted by Gasteiger charge is 2.46. The van der Waals surface area contributed by atoms with E-state index in [2.05, 4.69) is 25.2 Å². The van der Waals surface area contributed by atoms with Gasteiger partial charge in [0.05, 0.1) is 19.3 Å². The SMILES string of the molecule is CNC(C(C)C)C1(C#N)COC1. The number of nitrogens with zero attached hydrogens (tertiary/aromatic N) is 1. The molecule has 1 atom stereocenters. The predicted molar refractivity (Wildman–Crippen MR) is 46.6 cm³/mol. The van der Waals surface area contributed by atoms with Crippen LogP contribution in [0.5, 0.6) is 0 Å². The molecular formula is C9H16N2O. The second kappa shape index (κ2) is 3.42. The first-order chi connectivity index (χ1) is 5.66. The predicted octanol–water partition coefficient (Wildman–Crippen LogP) is 0.771. The highest BCUT2D eigenvalue weighted by atomic mass is 16.5. The third-order valence-electron chi connectivity index (χ3n) is 2.51. The Morgan fingerprint density at radius 1 is 1.50 bits per heavy atom. The summed E-state index contributed by atoms with van der Waals surface area (Å²) >= 11 is 0. The Hall–Kier alpha value is -0.590. The van der Waals surface area contributed by atoms with Gasteiger partial charge in [-0.3, -0.25) is 0 Å². The van der Waals surface area contributed by atoms with Crippen LogP contribution in [0.1, 0.15) is 13.8 Å². The molecule has 0 spiro atoms. The lowest BCUT2D eigenvalue weighted by Gasteiger charge is -2.43. The zero-order valence-electron chi connectivity index (χ0n) is 7.92. The fraction of sp³-hybridized carbons (Fsp3) is 0.889. The molecule has 3 heteroatoms. The summed E-state index contributed by atoms with van der Waals surface area (Å²) in [5.74, 6) is 0.471. The summed E-state index contributed by atoms with van der Waals surface area (Å²) in [6, 6.07) is 2.61. The second-order valence-corrected chi connectivity index (χ2v) is 3.77. The molecule has 1 fully saturated rings. The lowest BCUT2D eigenvalue weighted by Crippen LogP contribution is -2.57. The van der Waals surface area contributed by atoms with Crippen molar-refractivity contribution >= 4 is 0 Å². The van der Waals surface area contributed by atoms with Crippen LogP contribution in [0.25, 0.3) is 0 Å². The Labute approximate surface area is 73.7 Å². The Morgan fingerprint density at radius 3 is 2.17 bits per heavy atom. The van der Waals surface area contributed by atoms with Gasteiger partial charge in [0, 0.05) is 6.04 Å². The van der Waals surface area contributed by atoms with Gasteiger partial charge in [-0.1, -0.05) is 13.8 Å². The van der Waals surface area contributed by atoms with E-state index in [-0.39, 0.29) is 11.5 Å². The maximum Gasteiger partial charge on any atom is 0.119 e. The lowest BCUT2D eigenvalue weighted by atomic mass is 9.75. The second-order valence-electron chi connectivity index (χ2n) is 3.77. The molecule has 1 aliphatic heterocycles. The van der Waals surface area contributed by atoms with Gasteiger partial charge in [-0.25, -0.2) is 0 Å². The molecule has 0 aromatic carbocycles. The van der Waals surface area contributed by atoms with Crippen LogP contribution in [0.2, 0.25) is 0 Å². The van der Waals surface area contributed by atoms with Crippen molar-refractivity contribution < 1.29 is 4.74 Å². The standard InChI is InChI=1S/C9H16N2O/c1-7(2)8(11-3)9(4-10)5-12-6-9/h7-8,11H,5-6H2,1-3H3. The number of hydrogen-bond acceptors (Lipinski definition) is 3. The number of rotatable bonds is 3. The highest BCUT2D eigenvalue weighted by Crippen LogP contribution is 2.33. The van der Waals surface area contributed by atoms with Gasteiger partial charge >= 0.3 is 0 Å². The Kier molecular flexibility index (Phi) is 2.71. The minimum Gasteiger partial charge on any atom is -0.378 e. The first-order valence-corrected chi connectivity index (χ1v) is 4.32. The maximum atomic E-state index is 9.02. The summed E-state index contributed by atoms with van der Waals surface area (Å²) in [6.07, 6.45) is 0. The van der Waals surface area contributed by atoms with Gasteiger partial charge in [0.1, 0.15) is 5.41 Å². The summed E-state index contributed by atoms with van der Waals surface area (Å²) in [4.78, 5) is 0. The molecule has 0 bridgehead atoms. The van der Waals surface area contributed by atoms with Gasteiger partial charge in [-0.2, -0.15) is 5.26 Å². The van der Waals surface area contributed by atoms with Crippen LogP contribution in [-0.4, -0.2) is 26.3 Å². The summed E-state index contributed by atoms with van der Waals surface area (Å²) < 4.78 is 5.10. The molecule has 0 amide bonds. The molecule has 1 heterocycles. The molecule has 1 aliphatic rings. The Morgan fingerprint density at radius 2 is 2.08 bits per heavy atom. The molecule has 1 N–H and O–H groups in total. The monoisotopic (exact) mass is 168 g/mol. The third-order valence-corrected chi connectivity index (χ3v) is 2.51. The fourth-order valence-corrected chi connectivity index (χ4v) is 1.88. The fourth-order valence-electron chi connectivity index (χ4n) is 1.88. The molecule has 0 radical (unpaired) electrons.